The molecule has 1 aliphatic rings. The minimum absolute atomic E-state index is 0.0292. The second kappa shape index (κ2) is 11.2. The van der Waals surface area contributed by atoms with E-state index in [1.54, 1.807) is 10.9 Å². The van der Waals surface area contributed by atoms with Crippen molar-refractivity contribution in [1.82, 2.24) is 20.0 Å². The first kappa shape index (κ1) is 25.2. The topological polar surface area (TPSA) is 141 Å². The van der Waals surface area contributed by atoms with Gasteiger partial charge in [0.2, 0.25) is 0 Å². The van der Waals surface area contributed by atoms with Crippen molar-refractivity contribution in [3.8, 4) is 0 Å². The van der Waals surface area contributed by atoms with Crippen LogP contribution in [0.3, 0.4) is 0 Å². The molecule has 0 radical (unpaired) electrons. The van der Waals surface area contributed by atoms with Crippen LogP contribution in [0.2, 0.25) is 0 Å². The molecule has 0 N–H and O–H groups in total. The molecule has 36 heavy (non-hydrogen) atoms. The molecule has 0 bridgehead atoms. The maximum Gasteiger partial charge on any atom is 0.303 e. The van der Waals surface area contributed by atoms with Crippen LogP contribution in [-0.2, 0) is 51.2 Å². The van der Waals surface area contributed by atoms with Crippen molar-refractivity contribution in [3.05, 3.63) is 54.0 Å². The zero-order chi connectivity index (χ0) is 25.7. The fraction of sp³-hybridized carbons (Fsp3) is 0.417. The second-order valence-corrected chi connectivity index (χ2v) is 8.21. The Morgan fingerprint density at radius 3 is 2.42 bits per heavy atom. The monoisotopic (exact) mass is 498 g/mol. The molecular formula is C24H26N4O8. The van der Waals surface area contributed by atoms with Gasteiger partial charge in [0.15, 0.2) is 24.6 Å². The quantitative estimate of drug-likeness (QED) is 0.330. The smallest absolute Gasteiger partial charge is 0.303 e. The van der Waals surface area contributed by atoms with E-state index in [4.69, 9.17) is 23.7 Å². The van der Waals surface area contributed by atoms with Gasteiger partial charge in [-0.2, -0.15) is 0 Å². The van der Waals surface area contributed by atoms with Crippen molar-refractivity contribution >= 4 is 28.8 Å². The van der Waals surface area contributed by atoms with Crippen molar-refractivity contribution < 1.29 is 38.1 Å². The predicted molar refractivity (Wildman–Crippen MR) is 122 cm³/mol. The summed E-state index contributed by atoms with van der Waals surface area (Å²) < 4.78 is 28.9. The van der Waals surface area contributed by atoms with Gasteiger partial charge < -0.3 is 23.7 Å². The summed E-state index contributed by atoms with van der Waals surface area (Å²) in [5.41, 5.74) is 2.20. The SMILES string of the molecule is CC(=O)O[C@H]1[C@H](OCc2cn(Cc3ccc4ccccc4n3)nn2)OC[C@@H](OC(C)=O)[C@H]1OC(C)=O. The Morgan fingerprint density at radius 1 is 0.944 bits per heavy atom. The number of aromatic nitrogens is 4. The van der Waals surface area contributed by atoms with E-state index in [1.165, 1.54) is 20.8 Å². The highest BCUT2D eigenvalue weighted by Gasteiger charge is 2.47. The molecule has 4 atom stereocenters. The van der Waals surface area contributed by atoms with Gasteiger partial charge in [-0.25, -0.2) is 4.68 Å². The lowest BCUT2D eigenvalue weighted by Gasteiger charge is -2.40. The van der Waals surface area contributed by atoms with Crippen LogP contribution in [-0.4, -0.2) is 69.1 Å². The molecule has 1 aliphatic heterocycles. The van der Waals surface area contributed by atoms with E-state index in [0.29, 0.717) is 12.2 Å². The number of fused-ring (bicyclic) bond motifs is 1. The van der Waals surface area contributed by atoms with E-state index >= 15 is 0 Å². The molecule has 1 aromatic carbocycles. The third kappa shape index (κ3) is 6.40. The van der Waals surface area contributed by atoms with Crippen LogP contribution >= 0.6 is 0 Å². The van der Waals surface area contributed by atoms with E-state index in [-0.39, 0.29) is 13.2 Å². The van der Waals surface area contributed by atoms with Crippen LogP contribution in [0.1, 0.15) is 32.2 Å². The predicted octanol–water partition coefficient (Wildman–Crippen LogP) is 1.54. The molecule has 4 rings (SSSR count). The molecule has 0 saturated carbocycles. The largest absolute Gasteiger partial charge is 0.456 e. The molecule has 3 heterocycles. The van der Waals surface area contributed by atoms with Crippen LogP contribution in [0, 0.1) is 0 Å². The molecule has 190 valence electrons. The van der Waals surface area contributed by atoms with Gasteiger partial charge in [-0.3, -0.25) is 19.4 Å². The zero-order valence-corrected chi connectivity index (χ0v) is 20.0. The van der Waals surface area contributed by atoms with Crippen LogP contribution in [0.4, 0.5) is 0 Å². The lowest BCUT2D eigenvalue weighted by molar-refractivity contribution is -0.283. The third-order valence-electron chi connectivity index (χ3n) is 5.27. The fourth-order valence-electron chi connectivity index (χ4n) is 3.86. The van der Waals surface area contributed by atoms with Gasteiger partial charge in [0.1, 0.15) is 5.69 Å². The Bertz CT molecular complexity index is 1250. The Kier molecular flexibility index (Phi) is 7.86. The van der Waals surface area contributed by atoms with Gasteiger partial charge in [0.05, 0.1) is 37.2 Å². The molecule has 0 aliphatic carbocycles. The van der Waals surface area contributed by atoms with Crippen molar-refractivity contribution in [2.75, 3.05) is 6.61 Å². The zero-order valence-electron chi connectivity index (χ0n) is 20.0. The molecule has 2 aromatic heterocycles. The molecule has 3 aromatic rings. The first-order chi connectivity index (χ1) is 17.3. The van der Waals surface area contributed by atoms with Crippen molar-refractivity contribution in [2.45, 2.75) is 58.5 Å². The normalized spacial score (nSPS) is 21.6. The first-order valence-electron chi connectivity index (χ1n) is 11.3. The summed E-state index contributed by atoms with van der Waals surface area (Å²) in [7, 11) is 0. The maximum atomic E-state index is 11.7. The van der Waals surface area contributed by atoms with E-state index in [1.807, 2.05) is 36.4 Å². The summed E-state index contributed by atoms with van der Waals surface area (Å²) in [6, 6.07) is 11.7. The minimum Gasteiger partial charge on any atom is -0.456 e. The summed E-state index contributed by atoms with van der Waals surface area (Å²) in [6.07, 6.45) is -2.64. The molecular weight excluding hydrogens is 472 g/mol. The number of benzene rings is 1. The van der Waals surface area contributed by atoms with Gasteiger partial charge in [-0.1, -0.05) is 29.5 Å². The van der Waals surface area contributed by atoms with E-state index in [9.17, 15) is 14.4 Å². The fourth-order valence-corrected chi connectivity index (χ4v) is 3.86. The van der Waals surface area contributed by atoms with Crippen molar-refractivity contribution in [2.24, 2.45) is 0 Å². The number of ether oxygens (including phenoxy) is 5. The van der Waals surface area contributed by atoms with Gasteiger partial charge >= 0.3 is 17.9 Å². The number of carbonyl (C=O) groups is 3. The van der Waals surface area contributed by atoms with Gasteiger partial charge in [0, 0.05) is 26.2 Å². The maximum absolute atomic E-state index is 11.7. The average molecular weight is 498 g/mol. The minimum atomic E-state index is -1.17. The highest BCUT2D eigenvalue weighted by Crippen LogP contribution is 2.26. The molecule has 1 fully saturated rings. The number of carbonyl (C=O) groups excluding carboxylic acids is 3. The number of hydrogen-bond donors (Lipinski definition) is 0. The summed E-state index contributed by atoms with van der Waals surface area (Å²) in [4.78, 5) is 39.5. The summed E-state index contributed by atoms with van der Waals surface area (Å²) in [5, 5.41) is 9.27. The van der Waals surface area contributed by atoms with Gasteiger partial charge in [-0.05, 0) is 12.1 Å². The summed E-state index contributed by atoms with van der Waals surface area (Å²) >= 11 is 0. The molecule has 12 heteroatoms. The lowest BCUT2D eigenvalue weighted by Crippen LogP contribution is -2.58. The molecule has 1 saturated heterocycles. The molecule has 12 nitrogen and oxygen atoms in total. The number of para-hydroxylation sites is 1. The Hall–Kier alpha value is -3.90. The van der Waals surface area contributed by atoms with E-state index in [0.717, 1.165) is 16.6 Å². The van der Waals surface area contributed by atoms with Crippen molar-refractivity contribution in [3.63, 3.8) is 0 Å². The third-order valence-corrected chi connectivity index (χ3v) is 5.27. The lowest BCUT2D eigenvalue weighted by atomic mass is 10.0. The van der Waals surface area contributed by atoms with Crippen LogP contribution in [0.5, 0.6) is 0 Å². The second-order valence-electron chi connectivity index (χ2n) is 8.21. The molecule has 0 spiro atoms. The summed E-state index contributed by atoms with van der Waals surface area (Å²) in [6.45, 7) is 3.86. The number of nitrogens with zero attached hydrogens (tertiary/aromatic N) is 4. The highest BCUT2D eigenvalue weighted by molar-refractivity contribution is 5.78. The van der Waals surface area contributed by atoms with Crippen LogP contribution < -0.4 is 0 Å². The highest BCUT2D eigenvalue weighted by atomic mass is 16.7. The Balaban J connectivity index is 1.42. The van der Waals surface area contributed by atoms with Gasteiger partial charge in [0.25, 0.3) is 0 Å². The number of hydrogen-bond acceptors (Lipinski definition) is 11. The standard InChI is InChI=1S/C24H26N4O8/c1-14(29)34-21-13-33-24(23(36-16(3)31)22(21)35-15(2)30)32-12-19-11-28(27-26-19)10-18-9-8-17-6-4-5-7-20(17)25-18/h4-9,11,21-24H,10,12-13H2,1-3H3/t21-,22-,23-,24-/m1/s1. The van der Waals surface area contributed by atoms with E-state index < -0.39 is 42.5 Å². The summed E-state index contributed by atoms with van der Waals surface area (Å²) in [5.74, 6) is -1.88. The van der Waals surface area contributed by atoms with Gasteiger partial charge in [-0.15, -0.1) is 5.10 Å². The number of esters is 3. The molecule has 0 unspecified atom stereocenters. The number of rotatable bonds is 8. The molecule has 0 amide bonds. The average Bonchev–Trinajstić information content (AvgIpc) is 3.27. The van der Waals surface area contributed by atoms with Crippen LogP contribution in [0.15, 0.2) is 42.6 Å². The first-order valence-corrected chi connectivity index (χ1v) is 11.3. The Labute approximate surface area is 206 Å². The van der Waals surface area contributed by atoms with Crippen molar-refractivity contribution in [1.29, 1.82) is 0 Å². The van der Waals surface area contributed by atoms with Crippen LogP contribution in [0.25, 0.3) is 10.9 Å². The Morgan fingerprint density at radius 2 is 1.67 bits per heavy atom. The number of pyridine rings is 1. The van der Waals surface area contributed by atoms with E-state index in [2.05, 4.69) is 15.3 Å².